The Morgan fingerprint density at radius 1 is 1.00 bits per heavy atom. The minimum atomic E-state index is 0.138. The number of benzene rings is 2. The van der Waals surface area contributed by atoms with Crippen LogP contribution in [0, 0.1) is 0 Å². The molecule has 90 valence electrons. The first kappa shape index (κ1) is 11.0. The van der Waals surface area contributed by atoms with Gasteiger partial charge >= 0.3 is 0 Å². The van der Waals surface area contributed by atoms with E-state index in [0.717, 1.165) is 11.0 Å². The molecule has 3 aromatic rings. The Labute approximate surface area is 106 Å². The van der Waals surface area contributed by atoms with Crippen molar-refractivity contribution in [2.24, 2.45) is 5.73 Å². The van der Waals surface area contributed by atoms with E-state index in [-0.39, 0.29) is 6.04 Å². The Morgan fingerprint density at radius 3 is 2.50 bits per heavy atom. The molecular weight excluding hydrogens is 222 g/mol. The molecule has 1 atom stereocenters. The zero-order chi connectivity index (χ0) is 12.4. The molecule has 1 aromatic heterocycles. The van der Waals surface area contributed by atoms with E-state index in [9.17, 15) is 0 Å². The summed E-state index contributed by atoms with van der Waals surface area (Å²) in [4.78, 5) is 4.42. The molecule has 0 amide bonds. The number of aromatic nitrogens is 2. The third kappa shape index (κ3) is 1.79. The van der Waals surface area contributed by atoms with E-state index in [2.05, 4.69) is 27.8 Å². The summed E-state index contributed by atoms with van der Waals surface area (Å²) < 4.78 is 2.14. The van der Waals surface area contributed by atoms with Gasteiger partial charge in [0.2, 0.25) is 0 Å². The van der Waals surface area contributed by atoms with Crippen molar-refractivity contribution >= 4 is 11.0 Å². The van der Waals surface area contributed by atoms with E-state index in [1.54, 1.807) is 0 Å². The van der Waals surface area contributed by atoms with Crippen LogP contribution in [-0.4, -0.2) is 16.1 Å². The van der Waals surface area contributed by atoms with Gasteiger partial charge in [-0.3, -0.25) is 0 Å². The topological polar surface area (TPSA) is 43.8 Å². The van der Waals surface area contributed by atoms with Gasteiger partial charge in [0.15, 0.2) is 0 Å². The van der Waals surface area contributed by atoms with E-state index in [0.29, 0.717) is 6.54 Å². The summed E-state index contributed by atoms with van der Waals surface area (Å²) in [6.45, 7) is 0.560. The first-order valence-electron chi connectivity index (χ1n) is 6.07. The van der Waals surface area contributed by atoms with Gasteiger partial charge in [-0.15, -0.1) is 0 Å². The van der Waals surface area contributed by atoms with Crippen molar-refractivity contribution in [1.29, 1.82) is 0 Å². The van der Waals surface area contributed by atoms with Gasteiger partial charge in [-0.2, -0.15) is 0 Å². The van der Waals surface area contributed by atoms with Gasteiger partial charge in [-0.25, -0.2) is 4.98 Å². The lowest BCUT2D eigenvalue weighted by atomic mass is 10.1. The summed E-state index contributed by atoms with van der Waals surface area (Å²) in [6, 6.07) is 18.6. The third-order valence-corrected chi connectivity index (χ3v) is 3.22. The molecule has 0 aliphatic carbocycles. The lowest BCUT2D eigenvalue weighted by Crippen LogP contribution is -2.19. The van der Waals surface area contributed by atoms with E-state index in [1.807, 2.05) is 42.7 Å². The number of rotatable bonds is 3. The Hall–Kier alpha value is -2.13. The van der Waals surface area contributed by atoms with Crippen molar-refractivity contribution in [3.63, 3.8) is 0 Å². The van der Waals surface area contributed by atoms with Crippen LogP contribution in [0.15, 0.2) is 60.9 Å². The minimum absolute atomic E-state index is 0.138. The smallest absolute Gasteiger partial charge is 0.0964 e. The summed E-state index contributed by atoms with van der Waals surface area (Å²) >= 11 is 0. The molecule has 3 nitrogen and oxygen atoms in total. The Morgan fingerprint density at radius 2 is 1.72 bits per heavy atom. The van der Waals surface area contributed by atoms with Gasteiger partial charge < -0.3 is 10.3 Å². The number of nitrogens with two attached hydrogens (primary N) is 1. The number of para-hydroxylation sites is 2. The third-order valence-electron chi connectivity index (χ3n) is 3.22. The molecule has 0 aliphatic rings. The molecule has 18 heavy (non-hydrogen) atoms. The van der Waals surface area contributed by atoms with Gasteiger partial charge in [0.05, 0.1) is 23.4 Å². The highest BCUT2D eigenvalue weighted by molar-refractivity contribution is 5.75. The predicted molar refractivity (Wildman–Crippen MR) is 73.4 cm³/mol. The molecule has 0 spiro atoms. The summed E-state index contributed by atoms with van der Waals surface area (Å²) in [5.74, 6) is 0. The predicted octanol–water partition coefficient (Wildman–Crippen LogP) is 2.58. The van der Waals surface area contributed by atoms with Crippen molar-refractivity contribution in [3.8, 4) is 0 Å². The summed E-state index contributed by atoms with van der Waals surface area (Å²) in [6.07, 6.45) is 1.87. The number of fused-ring (bicyclic) bond motifs is 1. The molecule has 0 aliphatic heterocycles. The molecule has 3 heteroatoms. The SMILES string of the molecule is NCC(c1ccccc1)n1cnc2ccccc21. The maximum Gasteiger partial charge on any atom is 0.0964 e. The molecule has 3 rings (SSSR count). The van der Waals surface area contributed by atoms with Gasteiger partial charge in [-0.1, -0.05) is 42.5 Å². The highest BCUT2D eigenvalue weighted by atomic mass is 15.1. The molecule has 2 aromatic carbocycles. The van der Waals surface area contributed by atoms with Gasteiger partial charge in [0.1, 0.15) is 0 Å². The van der Waals surface area contributed by atoms with Crippen LogP contribution in [0.1, 0.15) is 11.6 Å². The number of hydrogen-bond acceptors (Lipinski definition) is 2. The fraction of sp³-hybridized carbons (Fsp3) is 0.133. The van der Waals surface area contributed by atoms with Crippen LogP contribution in [0.5, 0.6) is 0 Å². The van der Waals surface area contributed by atoms with Crippen LogP contribution in [0.2, 0.25) is 0 Å². The van der Waals surface area contributed by atoms with Crippen LogP contribution in [-0.2, 0) is 0 Å². The largest absolute Gasteiger partial charge is 0.328 e. The molecular formula is C15H15N3. The highest BCUT2D eigenvalue weighted by Gasteiger charge is 2.13. The van der Waals surface area contributed by atoms with E-state index in [4.69, 9.17) is 5.73 Å². The maximum absolute atomic E-state index is 5.94. The monoisotopic (exact) mass is 237 g/mol. The number of imidazole rings is 1. The normalized spacial score (nSPS) is 12.7. The highest BCUT2D eigenvalue weighted by Crippen LogP contribution is 2.22. The fourth-order valence-corrected chi connectivity index (χ4v) is 2.31. The van der Waals surface area contributed by atoms with Gasteiger partial charge in [0.25, 0.3) is 0 Å². The maximum atomic E-state index is 5.94. The van der Waals surface area contributed by atoms with E-state index >= 15 is 0 Å². The second-order valence-electron chi connectivity index (χ2n) is 4.30. The standard InChI is InChI=1S/C15H15N3/c16-10-15(12-6-2-1-3-7-12)18-11-17-13-8-4-5-9-14(13)18/h1-9,11,15H,10,16H2. The van der Waals surface area contributed by atoms with Crippen molar-refractivity contribution < 1.29 is 0 Å². The molecule has 2 N–H and O–H groups in total. The average molecular weight is 237 g/mol. The average Bonchev–Trinajstić information content (AvgIpc) is 2.85. The number of hydrogen-bond donors (Lipinski definition) is 1. The molecule has 0 bridgehead atoms. The van der Waals surface area contributed by atoms with Crippen molar-refractivity contribution in [2.45, 2.75) is 6.04 Å². The Balaban J connectivity index is 2.12. The fourth-order valence-electron chi connectivity index (χ4n) is 2.31. The van der Waals surface area contributed by atoms with Crippen molar-refractivity contribution in [3.05, 3.63) is 66.5 Å². The van der Waals surface area contributed by atoms with Crippen LogP contribution < -0.4 is 5.73 Å². The second kappa shape index (κ2) is 4.63. The van der Waals surface area contributed by atoms with Gasteiger partial charge in [0, 0.05) is 6.54 Å². The first-order chi connectivity index (χ1) is 8.90. The molecule has 1 unspecified atom stereocenters. The summed E-state index contributed by atoms with van der Waals surface area (Å²) in [5.41, 5.74) is 9.28. The molecule has 0 radical (unpaired) electrons. The zero-order valence-electron chi connectivity index (χ0n) is 10.0. The Bertz CT molecular complexity index is 643. The lowest BCUT2D eigenvalue weighted by molar-refractivity contribution is 0.610. The minimum Gasteiger partial charge on any atom is -0.328 e. The van der Waals surface area contributed by atoms with Crippen molar-refractivity contribution in [2.75, 3.05) is 6.54 Å². The lowest BCUT2D eigenvalue weighted by Gasteiger charge is -2.17. The van der Waals surface area contributed by atoms with Crippen LogP contribution in [0.3, 0.4) is 0 Å². The Kier molecular flexibility index (Phi) is 2.82. The first-order valence-corrected chi connectivity index (χ1v) is 6.07. The van der Waals surface area contributed by atoms with Crippen LogP contribution >= 0.6 is 0 Å². The molecule has 0 saturated heterocycles. The number of nitrogens with zero attached hydrogens (tertiary/aromatic N) is 2. The van der Waals surface area contributed by atoms with E-state index < -0.39 is 0 Å². The van der Waals surface area contributed by atoms with Gasteiger partial charge in [-0.05, 0) is 17.7 Å². The van der Waals surface area contributed by atoms with Crippen LogP contribution in [0.4, 0.5) is 0 Å². The van der Waals surface area contributed by atoms with Crippen LogP contribution in [0.25, 0.3) is 11.0 Å². The van der Waals surface area contributed by atoms with Crippen molar-refractivity contribution in [1.82, 2.24) is 9.55 Å². The summed E-state index contributed by atoms with van der Waals surface area (Å²) in [5, 5.41) is 0. The second-order valence-corrected chi connectivity index (χ2v) is 4.30. The molecule has 0 fully saturated rings. The molecule has 1 heterocycles. The van der Waals surface area contributed by atoms with E-state index in [1.165, 1.54) is 5.56 Å². The zero-order valence-corrected chi connectivity index (χ0v) is 10.0. The quantitative estimate of drug-likeness (QED) is 0.761. The summed E-state index contributed by atoms with van der Waals surface area (Å²) in [7, 11) is 0. The molecule has 0 saturated carbocycles.